The number of rotatable bonds is 3. The SMILES string of the molecule is Cc1nn(C)c(C)c1CC(=O)N1CCC[C@H](N2[C@H](C)CC[C@@H]2C)C1. The summed E-state index contributed by atoms with van der Waals surface area (Å²) in [7, 11) is 1.95. The molecule has 2 aliphatic rings. The summed E-state index contributed by atoms with van der Waals surface area (Å²) >= 11 is 0. The van der Waals surface area contributed by atoms with Crippen molar-refractivity contribution < 1.29 is 4.79 Å². The van der Waals surface area contributed by atoms with Crippen LogP contribution in [-0.2, 0) is 18.3 Å². The Morgan fingerprint density at radius 3 is 2.42 bits per heavy atom. The standard InChI is InChI=1S/C19H32N4O/c1-13-8-9-14(2)23(13)17-7-6-10-22(12-17)19(24)11-18-15(3)20-21(5)16(18)4/h13-14,17H,6-12H2,1-5H3/t13-,14+,17-/m0/s1. The highest BCUT2D eigenvalue weighted by Crippen LogP contribution is 2.30. The number of nitrogens with zero attached hydrogens (tertiary/aromatic N) is 4. The van der Waals surface area contributed by atoms with Crippen LogP contribution in [0.15, 0.2) is 0 Å². The molecule has 0 saturated carbocycles. The van der Waals surface area contributed by atoms with Gasteiger partial charge in [-0.05, 0) is 53.4 Å². The van der Waals surface area contributed by atoms with E-state index in [1.165, 1.54) is 19.3 Å². The van der Waals surface area contributed by atoms with Gasteiger partial charge in [0.2, 0.25) is 5.91 Å². The Morgan fingerprint density at radius 2 is 1.83 bits per heavy atom. The average Bonchev–Trinajstić information content (AvgIpc) is 3.01. The second-order valence-electron chi connectivity index (χ2n) is 7.81. The summed E-state index contributed by atoms with van der Waals surface area (Å²) in [5.41, 5.74) is 3.20. The maximum atomic E-state index is 12.9. The van der Waals surface area contributed by atoms with Crippen LogP contribution in [0.5, 0.6) is 0 Å². The Hall–Kier alpha value is -1.36. The van der Waals surface area contributed by atoms with Crippen molar-refractivity contribution in [3.8, 4) is 0 Å². The Labute approximate surface area is 146 Å². The molecule has 3 atom stereocenters. The summed E-state index contributed by atoms with van der Waals surface area (Å²) in [6.45, 7) is 10.5. The molecule has 134 valence electrons. The fourth-order valence-electron chi connectivity index (χ4n) is 4.70. The third kappa shape index (κ3) is 3.23. The summed E-state index contributed by atoms with van der Waals surface area (Å²) < 4.78 is 1.88. The largest absolute Gasteiger partial charge is 0.341 e. The van der Waals surface area contributed by atoms with Gasteiger partial charge in [-0.1, -0.05) is 0 Å². The lowest BCUT2D eigenvalue weighted by atomic mass is 10.0. The number of hydrogen-bond donors (Lipinski definition) is 0. The molecule has 1 amide bonds. The molecule has 3 rings (SSSR count). The second-order valence-corrected chi connectivity index (χ2v) is 7.81. The molecule has 2 aliphatic heterocycles. The van der Waals surface area contributed by atoms with Crippen LogP contribution < -0.4 is 0 Å². The first-order valence-corrected chi connectivity index (χ1v) is 9.42. The molecule has 0 radical (unpaired) electrons. The van der Waals surface area contributed by atoms with Crippen LogP contribution in [0.25, 0.3) is 0 Å². The first kappa shape index (κ1) is 17.5. The summed E-state index contributed by atoms with van der Waals surface area (Å²) in [5.74, 6) is 0.262. The zero-order valence-electron chi connectivity index (χ0n) is 15.9. The van der Waals surface area contributed by atoms with Crippen molar-refractivity contribution in [1.82, 2.24) is 19.6 Å². The molecule has 1 aromatic heterocycles. The van der Waals surface area contributed by atoms with Gasteiger partial charge in [0, 0.05) is 49.5 Å². The summed E-state index contributed by atoms with van der Waals surface area (Å²) in [5, 5.41) is 4.44. The molecule has 2 fully saturated rings. The van der Waals surface area contributed by atoms with Crippen molar-refractivity contribution in [2.45, 2.75) is 77.9 Å². The fourth-order valence-corrected chi connectivity index (χ4v) is 4.70. The highest BCUT2D eigenvalue weighted by molar-refractivity contribution is 5.79. The molecule has 0 aromatic carbocycles. The molecule has 24 heavy (non-hydrogen) atoms. The number of carbonyl (C=O) groups excluding carboxylic acids is 1. The van der Waals surface area contributed by atoms with E-state index < -0.39 is 0 Å². The normalized spacial score (nSPS) is 28.5. The average molecular weight is 332 g/mol. The molecular formula is C19H32N4O. The van der Waals surface area contributed by atoms with Gasteiger partial charge in [0.15, 0.2) is 0 Å². The number of likely N-dealkylation sites (tertiary alicyclic amines) is 2. The van der Waals surface area contributed by atoms with Crippen molar-refractivity contribution in [2.75, 3.05) is 13.1 Å². The number of aromatic nitrogens is 2. The predicted molar refractivity (Wildman–Crippen MR) is 96.0 cm³/mol. The highest BCUT2D eigenvalue weighted by Gasteiger charge is 2.36. The lowest BCUT2D eigenvalue weighted by Crippen LogP contribution is -2.52. The fraction of sp³-hybridized carbons (Fsp3) is 0.789. The molecule has 2 saturated heterocycles. The zero-order valence-corrected chi connectivity index (χ0v) is 15.9. The quantitative estimate of drug-likeness (QED) is 0.854. The monoisotopic (exact) mass is 332 g/mol. The maximum absolute atomic E-state index is 12.9. The van der Waals surface area contributed by atoms with Crippen LogP contribution in [0.3, 0.4) is 0 Å². The topological polar surface area (TPSA) is 41.4 Å². The third-order valence-electron chi connectivity index (χ3n) is 6.18. The maximum Gasteiger partial charge on any atom is 0.227 e. The van der Waals surface area contributed by atoms with Crippen molar-refractivity contribution in [3.05, 3.63) is 17.0 Å². The van der Waals surface area contributed by atoms with Gasteiger partial charge in [-0.2, -0.15) is 5.10 Å². The van der Waals surface area contributed by atoms with Crippen LogP contribution in [0.2, 0.25) is 0 Å². The van der Waals surface area contributed by atoms with Crippen LogP contribution >= 0.6 is 0 Å². The van der Waals surface area contributed by atoms with Gasteiger partial charge in [0.25, 0.3) is 0 Å². The molecule has 1 aromatic rings. The summed E-state index contributed by atoms with van der Waals surface area (Å²) in [4.78, 5) is 17.6. The van der Waals surface area contributed by atoms with E-state index in [1.807, 2.05) is 18.7 Å². The van der Waals surface area contributed by atoms with E-state index in [2.05, 4.69) is 35.7 Å². The van der Waals surface area contributed by atoms with Gasteiger partial charge < -0.3 is 4.90 Å². The molecule has 0 unspecified atom stereocenters. The van der Waals surface area contributed by atoms with Crippen molar-refractivity contribution >= 4 is 5.91 Å². The molecule has 5 nitrogen and oxygen atoms in total. The highest BCUT2D eigenvalue weighted by atomic mass is 16.2. The number of hydrogen-bond acceptors (Lipinski definition) is 3. The van der Waals surface area contributed by atoms with Crippen LogP contribution in [-0.4, -0.2) is 56.7 Å². The van der Waals surface area contributed by atoms with E-state index >= 15 is 0 Å². The summed E-state index contributed by atoms with van der Waals surface area (Å²) in [6, 6.07) is 1.84. The molecule has 5 heteroatoms. The van der Waals surface area contributed by atoms with Gasteiger partial charge in [-0.15, -0.1) is 0 Å². The van der Waals surface area contributed by atoms with Crippen molar-refractivity contribution in [3.63, 3.8) is 0 Å². The first-order chi connectivity index (χ1) is 11.4. The minimum absolute atomic E-state index is 0.262. The number of aryl methyl sites for hydroxylation is 2. The summed E-state index contributed by atoms with van der Waals surface area (Å²) in [6.07, 6.45) is 5.42. The second kappa shape index (κ2) is 6.87. The van der Waals surface area contributed by atoms with Crippen LogP contribution in [0.4, 0.5) is 0 Å². The smallest absolute Gasteiger partial charge is 0.227 e. The Kier molecular flexibility index (Phi) is 5.00. The van der Waals surface area contributed by atoms with E-state index in [9.17, 15) is 4.79 Å². The lowest BCUT2D eigenvalue weighted by molar-refractivity contribution is -0.133. The number of carbonyl (C=O) groups is 1. The Morgan fingerprint density at radius 1 is 1.17 bits per heavy atom. The van der Waals surface area contributed by atoms with Crippen LogP contribution in [0, 0.1) is 13.8 Å². The molecular weight excluding hydrogens is 300 g/mol. The van der Waals surface area contributed by atoms with E-state index in [0.717, 1.165) is 36.5 Å². The molecule has 0 aliphatic carbocycles. The minimum atomic E-state index is 0.262. The number of piperidine rings is 1. The Bertz CT molecular complexity index is 599. The van der Waals surface area contributed by atoms with Crippen LogP contribution in [0.1, 0.15) is 56.5 Å². The molecule has 0 bridgehead atoms. The van der Waals surface area contributed by atoms with Gasteiger partial charge in [-0.25, -0.2) is 0 Å². The van der Waals surface area contributed by atoms with Gasteiger partial charge >= 0.3 is 0 Å². The van der Waals surface area contributed by atoms with Crippen molar-refractivity contribution in [2.24, 2.45) is 7.05 Å². The molecule has 0 N–H and O–H groups in total. The zero-order chi connectivity index (χ0) is 17.4. The predicted octanol–water partition coefficient (Wildman–Crippen LogP) is 2.44. The lowest BCUT2D eigenvalue weighted by Gasteiger charge is -2.41. The molecule has 0 spiro atoms. The molecule has 3 heterocycles. The Balaban J connectivity index is 1.67. The van der Waals surface area contributed by atoms with Gasteiger partial charge in [0.1, 0.15) is 0 Å². The first-order valence-electron chi connectivity index (χ1n) is 9.42. The van der Waals surface area contributed by atoms with Gasteiger partial charge in [0.05, 0.1) is 12.1 Å². The van der Waals surface area contributed by atoms with E-state index in [-0.39, 0.29) is 5.91 Å². The number of amides is 1. The third-order valence-corrected chi connectivity index (χ3v) is 6.18. The minimum Gasteiger partial charge on any atom is -0.341 e. The van der Waals surface area contributed by atoms with E-state index in [0.29, 0.717) is 24.5 Å². The van der Waals surface area contributed by atoms with E-state index in [4.69, 9.17) is 0 Å². The van der Waals surface area contributed by atoms with Crippen molar-refractivity contribution in [1.29, 1.82) is 0 Å². The van der Waals surface area contributed by atoms with E-state index in [1.54, 1.807) is 0 Å². The van der Waals surface area contributed by atoms with Gasteiger partial charge in [-0.3, -0.25) is 14.4 Å².